The number of oxazole rings is 1. The largest absolute Gasteiger partial charge is 0.449 e. The molecule has 4 heteroatoms. The lowest BCUT2D eigenvalue weighted by Gasteiger charge is -2.06. The first-order valence-corrected chi connectivity index (χ1v) is 7.40. The molecule has 1 N–H and O–H groups in total. The molecule has 0 fully saturated rings. The van der Waals surface area contributed by atoms with Crippen LogP contribution in [0.15, 0.2) is 46.4 Å². The molecule has 3 rings (SSSR count). The third-order valence-corrected chi connectivity index (χ3v) is 4.24. The second-order valence-electron chi connectivity index (χ2n) is 4.71. The van der Waals surface area contributed by atoms with Crippen LogP contribution in [-0.2, 0) is 6.54 Å². The fraction of sp³-hybridized carbons (Fsp3) is 0.188. The van der Waals surface area contributed by atoms with E-state index in [0.717, 1.165) is 23.5 Å². The van der Waals surface area contributed by atoms with Crippen molar-refractivity contribution in [3.8, 4) is 11.3 Å². The summed E-state index contributed by atoms with van der Waals surface area (Å²) in [6, 6.07) is 10.4. The summed E-state index contributed by atoms with van der Waals surface area (Å²) in [5, 5.41) is 5.57. The van der Waals surface area contributed by atoms with Crippen LogP contribution >= 0.6 is 11.3 Å². The van der Waals surface area contributed by atoms with Gasteiger partial charge < -0.3 is 9.73 Å². The Morgan fingerprint density at radius 2 is 1.95 bits per heavy atom. The zero-order valence-electron chi connectivity index (χ0n) is 11.5. The molecule has 0 saturated carbocycles. The molecular formula is C16H16N2OS. The van der Waals surface area contributed by atoms with Crippen LogP contribution in [-0.4, -0.2) is 4.98 Å². The quantitative estimate of drug-likeness (QED) is 0.759. The maximum Gasteiger partial charge on any atom is 0.191 e. The van der Waals surface area contributed by atoms with Crippen molar-refractivity contribution in [2.45, 2.75) is 20.4 Å². The summed E-state index contributed by atoms with van der Waals surface area (Å²) < 4.78 is 5.23. The Hall–Kier alpha value is -2.07. The molecule has 102 valence electrons. The van der Waals surface area contributed by atoms with E-state index in [0.29, 0.717) is 5.89 Å². The number of nitrogens with one attached hydrogen (secondary N) is 1. The van der Waals surface area contributed by atoms with Gasteiger partial charge in [0.2, 0.25) is 0 Å². The molecule has 2 aromatic heterocycles. The van der Waals surface area contributed by atoms with Crippen LogP contribution in [0.4, 0.5) is 5.69 Å². The van der Waals surface area contributed by atoms with Crippen molar-refractivity contribution in [1.29, 1.82) is 0 Å². The Morgan fingerprint density at radius 1 is 1.15 bits per heavy atom. The highest BCUT2D eigenvalue weighted by Gasteiger charge is 2.04. The highest BCUT2D eigenvalue weighted by atomic mass is 32.1. The Morgan fingerprint density at radius 3 is 2.55 bits per heavy atom. The molecule has 0 spiro atoms. The fourth-order valence-electron chi connectivity index (χ4n) is 2.02. The van der Waals surface area contributed by atoms with Crippen molar-refractivity contribution in [1.82, 2.24) is 4.98 Å². The Balaban J connectivity index is 1.69. The van der Waals surface area contributed by atoms with E-state index in [4.69, 9.17) is 4.42 Å². The summed E-state index contributed by atoms with van der Waals surface area (Å²) in [7, 11) is 0. The van der Waals surface area contributed by atoms with Gasteiger partial charge in [-0.05, 0) is 36.1 Å². The standard InChI is InChI=1S/C16H16N2OS/c1-11-7-8-20-16(11)9-17-14-5-3-13(4-6-14)15-10-19-12(2)18-15/h3-8,10,17H,9H2,1-2H3. The van der Waals surface area contributed by atoms with Crippen molar-refractivity contribution >= 4 is 17.0 Å². The van der Waals surface area contributed by atoms with Gasteiger partial charge >= 0.3 is 0 Å². The van der Waals surface area contributed by atoms with Gasteiger partial charge in [0.05, 0.1) is 0 Å². The van der Waals surface area contributed by atoms with Crippen LogP contribution in [0.5, 0.6) is 0 Å². The van der Waals surface area contributed by atoms with Crippen LogP contribution in [0.1, 0.15) is 16.3 Å². The number of hydrogen-bond acceptors (Lipinski definition) is 4. The summed E-state index contributed by atoms with van der Waals surface area (Å²) in [4.78, 5) is 5.70. The molecule has 20 heavy (non-hydrogen) atoms. The lowest BCUT2D eigenvalue weighted by Crippen LogP contribution is -1.98. The number of benzene rings is 1. The lowest BCUT2D eigenvalue weighted by molar-refractivity contribution is 0.521. The van der Waals surface area contributed by atoms with Crippen molar-refractivity contribution in [3.63, 3.8) is 0 Å². The molecule has 0 bridgehead atoms. The monoisotopic (exact) mass is 284 g/mol. The van der Waals surface area contributed by atoms with E-state index in [1.165, 1.54) is 10.4 Å². The smallest absolute Gasteiger partial charge is 0.191 e. The molecule has 2 heterocycles. The summed E-state index contributed by atoms with van der Waals surface area (Å²) in [6.45, 7) is 4.86. The van der Waals surface area contributed by atoms with Gasteiger partial charge in [0.15, 0.2) is 5.89 Å². The summed E-state index contributed by atoms with van der Waals surface area (Å²) in [6.07, 6.45) is 1.69. The Bertz CT molecular complexity index is 697. The highest BCUT2D eigenvalue weighted by Crippen LogP contribution is 2.22. The molecule has 0 unspecified atom stereocenters. The normalized spacial score (nSPS) is 10.7. The second-order valence-corrected chi connectivity index (χ2v) is 5.71. The molecule has 0 aliphatic carbocycles. The van der Waals surface area contributed by atoms with Crippen LogP contribution in [0.25, 0.3) is 11.3 Å². The van der Waals surface area contributed by atoms with Crippen LogP contribution in [0.3, 0.4) is 0 Å². The fourth-order valence-corrected chi connectivity index (χ4v) is 2.87. The summed E-state index contributed by atoms with van der Waals surface area (Å²) in [5.41, 5.74) is 4.40. The second kappa shape index (κ2) is 5.51. The summed E-state index contributed by atoms with van der Waals surface area (Å²) in [5.74, 6) is 0.690. The number of aryl methyl sites for hydroxylation is 2. The average Bonchev–Trinajstić information content (AvgIpc) is 3.06. The Labute approximate surface area is 122 Å². The van der Waals surface area contributed by atoms with Crippen molar-refractivity contribution < 1.29 is 4.42 Å². The molecule has 0 radical (unpaired) electrons. The van der Waals surface area contributed by atoms with Crippen LogP contribution < -0.4 is 5.32 Å². The van der Waals surface area contributed by atoms with E-state index in [1.54, 1.807) is 17.6 Å². The first-order chi connectivity index (χ1) is 9.72. The van der Waals surface area contributed by atoms with Crippen molar-refractivity contribution in [2.24, 2.45) is 0 Å². The van der Waals surface area contributed by atoms with E-state index in [1.807, 2.05) is 6.92 Å². The minimum Gasteiger partial charge on any atom is -0.449 e. The van der Waals surface area contributed by atoms with Gasteiger partial charge in [0, 0.05) is 29.6 Å². The Kier molecular flexibility index (Phi) is 3.56. The van der Waals surface area contributed by atoms with Crippen molar-refractivity contribution in [2.75, 3.05) is 5.32 Å². The van der Waals surface area contributed by atoms with Gasteiger partial charge in [-0.15, -0.1) is 11.3 Å². The number of anilines is 1. The third-order valence-electron chi connectivity index (χ3n) is 3.22. The molecule has 0 aliphatic rings. The molecule has 0 saturated heterocycles. The van der Waals surface area contributed by atoms with Gasteiger partial charge in [-0.1, -0.05) is 12.1 Å². The van der Waals surface area contributed by atoms with Gasteiger partial charge in [-0.3, -0.25) is 0 Å². The molecule has 0 atom stereocenters. The maximum absolute atomic E-state index is 5.23. The predicted octanol–water partition coefficient (Wildman–Crippen LogP) is 4.63. The first kappa shape index (κ1) is 12.9. The minimum absolute atomic E-state index is 0.690. The SMILES string of the molecule is Cc1nc(-c2ccc(NCc3sccc3C)cc2)co1. The number of rotatable bonds is 4. The molecule has 3 nitrogen and oxygen atoms in total. The minimum atomic E-state index is 0.690. The predicted molar refractivity (Wildman–Crippen MR) is 83.1 cm³/mol. The van der Waals surface area contributed by atoms with Gasteiger partial charge in [0.25, 0.3) is 0 Å². The van der Waals surface area contributed by atoms with Crippen LogP contribution in [0.2, 0.25) is 0 Å². The van der Waals surface area contributed by atoms with Gasteiger partial charge in [-0.25, -0.2) is 4.98 Å². The zero-order chi connectivity index (χ0) is 13.9. The molecular weight excluding hydrogens is 268 g/mol. The number of hydrogen-bond donors (Lipinski definition) is 1. The average molecular weight is 284 g/mol. The number of aromatic nitrogens is 1. The molecule has 3 aromatic rings. The first-order valence-electron chi connectivity index (χ1n) is 6.52. The molecule has 1 aromatic carbocycles. The lowest BCUT2D eigenvalue weighted by atomic mass is 10.1. The van der Waals surface area contributed by atoms with Crippen LogP contribution in [0, 0.1) is 13.8 Å². The molecule has 0 amide bonds. The highest BCUT2D eigenvalue weighted by molar-refractivity contribution is 7.10. The zero-order valence-corrected chi connectivity index (χ0v) is 12.3. The maximum atomic E-state index is 5.23. The molecule has 0 aliphatic heterocycles. The third kappa shape index (κ3) is 2.75. The van der Waals surface area contributed by atoms with Crippen molar-refractivity contribution in [3.05, 3.63) is 58.3 Å². The van der Waals surface area contributed by atoms with E-state index in [9.17, 15) is 0 Å². The van der Waals surface area contributed by atoms with E-state index >= 15 is 0 Å². The topological polar surface area (TPSA) is 38.1 Å². The van der Waals surface area contributed by atoms with Gasteiger partial charge in [0.1, 0.15) is 12.0 Å². The summed E-state index contributed by atoms with van der Waals surface area (Å²) >= 11 is 1.79. The van der Waals surface area contributed by atoms with E-state index in [2.05, 4.69) is 52.9 Å². The number of thiophene rings is 1. The van der Waals surface area contributed by atoms with E-state index < -0.39 is 0 Å². The number of nitrogens with zero attached hydrogens (tertiary/aromatic N) is 1. The van der Waals surface area contributed by atoms with Gasteiger partial charge in [-0.2, -0.15) is 0 Å². The van der Waals surface area contributed by atoms with E-state index in [-0.39, 0.29) is 0 Å².